The first-order valence-electron chi connectivity index (χ1n) is 5.75. The second-order valence-electron chi connectivity index (χ2n) is 4.49. The first-order chi connectivity index (χ1) is 6.66. The Labute approximate surface area is 87.0 Å². The maximum Gasteiger partial charge on any atom is 0.311 e. The van der Waals surface area contributed by atoms with E-state index in [1.54, 1.807) is 0 Å². The zero-order valence-corrected chi connectivity index (χ0v) is 9.80. The Kier molecular flexibility index (Phi) is 3.57. The summed E-state index contributed by atoms with van der Waals surface area (Å²) in [6.07, 6.45) is 4.88. The third kappa shape index (κ3) is 1.67. The van der Waals surface area contributed by atoms with E-state index < -0.39 is 0 Å². The molecule has 0 heterocycles. The molecule has 2 fully saturated rings. The van der Waals surface area contributed by atoms with Gasteiger partial charge < -0.3 is 4.74 Å². The predicted molar refractivity (Wildman–Crippen MR) is 56.9 cm³/mol. The number of methoxy groups -OCH3 is 1. The van der Waals surface area contributed by atoms with E-state index in [4.69, 9.17) is 4.74 Å². The fourth-order valence-corrected chi connectivity index (χ4v) is 3.09. The highest BCUT2D eigenvalue weighted by Gasteiger charge is 2.52. The molecule has 14 heavy (non-hydrogen) atoms. The van der Waals surface area contributed by atoms with E-state index in [1.165, 1.54) is 26.4 Å². The van der Waals surface area contributed by atoms with Crippen molar-refractivity contribution in [3.05, 3.63) is 0 Å². The van der Waals surface area contributed by atoms with E-state index >= 15 is 0 Å². The van der Waals surface area contributed by atoms with Crippen molar-refractivity contribution in [2.75, 3.05) is 7.11 Å². The topological polar surface area (TPSA) is 26.3 Å². The second kappa shape index (κ2) is 4.33. The molecule has 2 nitrogen and oxygen atoms in total. The van der Waals surface area contributed by atoms with Gasteiger partial charge in [0.2, 0.25) is 0 Å². The lowest BCUT2D eigenvalue weighted by Gasteiger charge is -2.30. The van der Waals surface area contributed by atoms with Gasteiger partial charge in [0.05, 0.1) is 12.5 Å². The molecule has 0 aliphatic heterocycles. The number of rotatable bonds is 1. The summed E-state index contributed by atoms with van der Waals surface area (Å²) in [4.78, 5) is 11.5. The molecule has 0 aromatic rings. The van der Waals surface area contributed by atoms with Crippen LogP contribution in [0.3, 0.4) is 0 Å². The van der Waals surface area contributed by atoms with Crippen molar-refractivity contribution < 1.29 is 9.53 Å². The Morgan fingerprint density at radius 1 is 1.36 bits per heavy atom. The average Bonchev–Trinajstić information content (AvgIpc) is 2.79. The summed E-state index contributed by atoms with van der Waals surface area (Å²) >= 11 is 0. The molecule has 2 rings (SSSR count). The van der Waals surface area contributed by atoms with Crippen LogP contribution in [0.15, 0.2) is 0 Å². The summed E-state index contributed by atoms with van der Waals surface area (Å²) in [6.45, 7) is 6.07. The van der Waals surface area contributed by atoms with Gasteiger partial charge in [0.1, 0.15) is 0 Å². The van der Waals surface area contributed by atoms with Crippen LogP contribution < -0.4 is 0 Å². The highest BCUT2D eigenvalue weighted by molar-refractivity contribution is 5.77. The summed E-state index contributed by atoms with van der Waals surface area (Å²) in [5.74, 6) is 1.42. The lowest BCUT2D eigenvalue weighted by atomic mass is 9.75. The monoisotopic (exact) mass is 198 g/mol. The van der Waals surface area contributed by atoms with Gasteiger partial charge in [-0.1, -0.05) is 20.3 Å². The second-order valence-corrected chi connectivity index (χ2v) is 4.49. The maximum absolute atomic E-state index is 11.5. The molecular formula is C12H22O2. The number of carbonyl (C=O) groups is 1. The van der Waals surface area contributed by atoms with Crippen molar-refractivity contribution >= 4 is 5.97 Å². The number of hydrogen-bond donors (Lipinski definition) is 0. The largest absolute Gasteiger partial charge is 0.469 e. The van der Waals surface area contributed by atoms with Crippen LogP contribution in [0, 0.1) is 17.3 Å². The molecule has 2 aliphatic rings. The SMILES string of the molecule is CC.COC(=O)C1(C)CC2CCC1C2. The standard InChI is InChI=1S/C10H16O2.C2H6/c1-10(9(11)12-2)6-7-3-4-8(10)5-7;1-2/h7-8H,3-6H2,1-2H3;1-2H3. The van der Waals surface area contributed by atoms with Crippen molar-refractivity contribution in [2.45, 2.75) is 46.5 Å². The van der Waals surface area contributed by atoms with E-state index in [0.717, 1.165) is 12.3 Å². The van der Waals surface area contributed by atoms with Crippen molar-refractivity contribution in [1.29, 1.82) is 0 Å². The zero-order chi connectivity index (χ0) is 10.8. The Morgan fingerprint density at radius 2 is 2.00 bits per heavy atom. The summed E-state index contributed by atoms with van der Waals surface area (Å²) in [7, 11) is 1.50. The average molecular weight is 198 g/mol. The van der Waals surface area contributed by atoms with Crippen LogP contribution in [0.2, 0.25) is 0 Å². The molecule has 3 atom stereocenters. The number of carbonyl (C=O) groups excluding carboxylic acids is 1. The number of fused-ring (bicyclic) bond motifs is 2. The van der Waals surface area contributed by atoms with E-state index in [1.807, 2.05) is 13.8 Å². The number of ether oxygens (including phenoxy) is 1. The highest BCUT2D eigenvalue weighted by atomic mass is 16.5. The minimum atomic E-state index is -0.141. The van der Waals surface area contributed by atoms with Crippen molar-refractivity contribution in [3.63, 3.8) is 0 Å². The molecule has 0 saturated heterocycles. The van der Waals surface area contributed by atoms with Gasteiger partial charge in [0, 0.05) is 0 Å². The quantitative estimate of drug-likeness (QED) is 0.605. The van der Waals surface area contributed by atoms with Crippen LogP contribution in [-0.4, -0.2) is 13.1 Å². The molecule has 0 spiro atoms. The highest BCUT2D eigenvalue weighted by Crippen LogP contribution is 2.56. The van der Waals surface area contributed by atoms with Gasteiger partial charge in [-0.2, -0.15) is 0 Å². The summed E-state index contributed by atoms with van der Waals surface area (Å²) < 4.78 is 4.85. The smallest absolute Gasteiger partial charge is 0.311 e. The Balaban J connectivity index is 0.000000461. The van der Waals surface area contributed by atoms with Gasteiger partial charge in [-0.3, -0.25) is 4.79 Å². The van der Waals surface area contributed by atoms with E-state index in [0.29, 0.717) is 5.92 Å². The molecule has 0 aromatic heterocycles. The third-order valence-corrected chi connectivity index (χ3v) is 3.81. The van der Waals surface area contributed by atoms with Crippen LogP contribution in [0.5, 0.6) is 0 Å². The van der Waals surface area contributed by atoms with Crippen molar-refractivity contribution in [3.8, 4) is 0 Å². The Hall–Kier alpha value is -0.530. The molecule has 2 saturated carbocycles. The Morgan fingerprint density at radius 3 is 2.36 bits per heavy atom. The molecule has 0 N–H and O–H groups in total. The first kappa shape index (κ1) is 11.5. The summed E-state index contributed by atoms with van der Waals surface area (Å²) in [6, 6.07) is 0. The first-order valence-corrected chi connectivity index (χ1v) is 5.75. The van der Waals surface area contributed by atoms with E-state index in [9.17, 15) is 4.79 Å². The van der Waals surface area contributed by atoms with E-state index in [-0.39, 0.29) is 11.4 Å². The molecule has 82 valence electrons. The third-order valence-electron chi connectivity index (χ3n) is 3.81. The van der Waals surface area contributed by atoms with Crippen LogP contribution in [0.25, 0.3) is 0 Å². The van der Waals surface area contributed by atoms with Crippen molar-refractivity contribution in [2.24, 2.45) is 17.3 Å². The van der Waals surface area contributed by atoms with Gasteiger partial charge >= 0.3 is 5.97 Å². The molecular weight excluding hydrogens is 176 g/mol. The molecule has 2 bridgehead atoms. The summed E-state index contributed by atoms with van der Waals surface area (Å²) in [5.41, 5.74) is -0.141. The molecule has 0 radical (unpaired) electrons. The maximum atomic E-state index is 11.5. The van der Waals surface area contributed by atoms with Gasteiger partial charge in [0.15, 0.2) is 0 Å². The normalized spacial score (nSPS) is 38.9. The fraction of sp³-hybridized carbons (Fsp3) is 0.917. The molecule has 3 unspecified atom stereocenters. The molecule has 2 heteroatoms. The van der Waals surface area contributed by atoms with E-state index in [2.05, 4.69) is 6.92 Å². The van der Waals surface area contributed by atoms with Crippen LogP contribution >= 0.6 is 0 Å². The zero-order valence-electron chi connectivity index (χ0n) is 9.80. The summed E-state index contributed by atoms with van der Waals surface area (Å²) in [5, 5.41) is 0. The lowest BCUT2D eigenvalue weighted by Crippen LogP contribution is -2.34. The van der Waals surface area contributed by atoms with Gasteiger partial charge in [-0.25, -0.2) is 0 Å². The van der Waals surface area contributed by atoms with Crippen molar-refractivity contribution in [1.82, 2.24) is 0 Å². The Bertz CT molecular complexity index is 212. The van der Waals surface area contributed by atoms with Gasteiger partial charge in [-0.05, 0) is 38.0 Å². The molecule has 0 aromatic carbocycles. The van der Waals surface area contributed by atoms with Gasteiger partial charge in [0.25, 0.3) is 0 Å². The fourth-order valence-electron chi connectivity index (χ4n) is 3.09. The van der Waals surface area contributed by atoms with Crippen LogP contribution in [0.1, 0.15) is 46.5 Å². The minimum absolute atomic E-state index is 0.00898. The molecule has 2 aliphatic carbocycles. The number of hydrogen-bond acceptors (Lipinski definition) is 2. The van der Waals surface area contributed by atoms with Crippen LogP contribution in [0.4, 0.5) is 0 Å². The van der Waals surface area contributed by atoms with Crippen LogP contribution in [-0.2, 0) is 9.53 Å². The molecule has 0 amide bonds. The number of esters is 1. The van der Waals surface area contributed by atoms with Gasteiger partial charge in [-0.15, -0.1) is 0 Å². The lowest BCUT2D eigenvalue weighted by molar-refractivity contribution is -0.154. The minimum Gasteiger partial charge on any atom is -0.469 e. The predicted octanol–water partition coefficient (Wildman–Crippen LogP) is 3.01.